The molecule has 2 aromatic carbocycles. The predicted octanol–water partition coefficient (Wildman–Crippen LogP) is 3.35. The van der Waals surface area contributed by atoms with Gasteiger partial charge in [-0.3, -0.25) is 4.79 Å². The molecule has 0 bridgehead atoms. The molecule has 0 fully saturated rings. The topological polar surface area (TPSA) is 72.8 Å². The van der Waals surface area contributed by atoms with Crippen LogP contribution in [0.1, 0.15) is 40.1 Å². The van der Waals surface area contributed by atoms with Crippen molar-refractivity contribution in [2.24, 2.45) is 0 Å². The summed E-state index contributed by atoms with van der Waals surface area (Å²) in [5.74, 6) is -0.110. The van der Waals surface area contributed by atoms with Crippen molar-refractivity contribution in [1.82, 2.24) is 0 Å². The van der Waals surface area contributed by atoms with Crippen molar-refractivity contribution in [3.05, 3.63) is 59.2 Å². The average molecular weight is 314 g/mol. The monoisotopic (exact) mass is 314 g/mol. The van der Waals surface area contributed by atoms with E-state index in [1.165, 1.54) is 13.0 Å². The van der Waals surface area contributed by atoms with Gasteiger partial charge in [0, 0.05) is 5.56 Å². The highest BCUT2D eigenvalue weighted by Gasteiger charge is 2.16. The molecule has 0 aromatic heterocycles. The zero-order valence-electron chi connectivity index (χ0n) is 13.0. The third kappa shape index (κ3) is 4.32. The maximum Gasteiger partial charge on any atom is 0.338 e. The minimum absolute atomic E-state index is 0.184. The molecule has 2 aromatic rings. The largest absolute Gasteiger partial charge is 0.508 e. The molecule has 5 nitrogen and oxygen atoms in total. The first-order chi connectivity index (χ1) is 11.0. The number of benzene rings is 2. The van der Waals surface area contributed by atoms with E-state index in [9.17, 15) is 14.7 Å². The molecule has 120 valence electrons. The van der Waals surface area contributed by atoms with Crippen LogP contribution in [-0.4, -0.2) is 23.5 Å². The summed E-state index contributed by atoms with van der Waals surface area (Å²) in [6.07, 6.45) is 0. The molecule has 2 rings (SSSR count). The van der Waals surface area contributed by atoms with Gasteiger partial charge in [-0.1, -0.05) is 12.1 Å². The van der Waals surface area contributed by atoms with E-state index < -0.39 is 5.97 Å². The summed E-state index contributed by atoms with van der Waals surface area (Å²) in [6.45, 7) is 3.61. The van der Waals surface area contributed by atoms with E-state index in [2.05, 4.69) is 0 Å². The van der Waals surface area contributed by atoms with Crippen molar-refractivity contribution in [2.75, 3.05) is 6.61 Å². The van der Waals surface area contributed by atoms with Gasteiger partial charge >= 0.3 is 5.97 Å². The SMILES string of the molecule is CCOC(=O)c1cc(OCc2ccc(O)cc2)ccc1C(C)=O. The number of phenolic OH excluding ortho intramolecular Hbond substituents is 1. The summed E-state index contributed by atoms with van der Waals surface area (Å²) in [6, 6.07) is 11.3. The number of aromatic hydroxyl groups is 1. The number of ether oxygens (including phenoxy) is 2. The van der Waals surface area contributed by atoms with E-state index in [0.29, 0.717) is 11.3 Å². The fraction of sp³-hybridized carbons (Fsp3) is 0.222. The molecule has 0 atom stereocenters. The number of esters is 1. The number of carbonyl (C=O) groups excluding carboxylic acids is 2. The van der Waals surface area contributed by atoms with Crippen molar-refractivity contribution < 1.29 is 24.2 Å². The summed E-state index contributed by atoms with van der Waals surface area (Å²) in [5, 5.41) is 9.25. The van der Waals surface area contributed by atoms with E-state index in [4.69, 9.17) is 9.47 Å². The zero-order chi connectivity index (χ0) is 16.8. The Balaban J connectivity index is 2.19. The molecule has 0 saturated carbocycles. The minimum Gasteiger partial charge on any atom is -0.508 e. The van der Waals surface area contributed by atoms with Crippen molar-refractivity contribution in [2.45, 2.75) is 20.5 Å². The normalized spacial score (nSPS) is 10.2. The third-order valence-electron chi connectivity index (χ3n) is 3.21. The molecule has 0 saturated heterocycles. The maximum absolute atomic E-state index is 12.0. The Morgan fingerprint density at radius 2 is 1.74 bits per heavy atom. The van der Waals surface area contributed by atoms with Crippen LogP contribution in [0.3, 0.4) is 0 Å². The van der Waals surface area contributed by atoms with Gasteiger partial charge in [0.1, 0.15) is 18.1 Å². The Kier molecular flexibility index (Phi) is 5.36. The van der Waals surface area contributed by atoms with Crippen LogP contribution >= 0.6 is 0 Å². The molecule has 0 aliphatic rings. The Morgan fingerprint density at radius 1 is 1.04 bits per heavy atom. The summed E-state index contributed by atoms with van der Waals surface area (Å²) < 4.78 is 10.6. The summed E-state index contributed by atoms with van der Waals surface area (Å²) in [4.78, 5) is 23.6. The van der Waals surface area contributed by atoms with Crippen LogP contribution < -0.4 is 4.74 Å². The molecule has 23 heavy (non-hydrogen) atoms. The van der Waals surface area contributed by atoms with Gasteiger partial charge in [0.2, 0.25) is 0 Å². The van der Waals surface area contributed by atoms with Gasteiger partial charge in [-0.25, -0.2) is 4.79 Å². The first kappa shape index (κ1) is 16.5. The Morgan fingerprint density at radius 3 is 2.35 bits per heavy atom. The van der Waals surface area contributed by atoms with Gasteiger partial charge < -0.3 is 14.6 Å². The first-order valence-electron chi connectivity index (χ1n) is 7.24. The second-order valence-electron chi connectivity index (χ2n) is 4.94. The highest BCUT2D eigenvalue weighted by atomic mass is 16.5. The van der Waals surface area contributed by atoms with E-state index >= 15 is 0 Å². The van der Waals surface area contributed by atoms with Crippen molar-refractivity contribution in [3.63, 3.8) is 0 Å². The Bertz CT molecular complexity index is 704. The quantitative estimate of drug-likeness (QED) is 0.654. The fourth-order valence-electron chi connectivity index (χ4n) is 2.06. The average Bonchev–Trinajstić information content (AvgIpc) is 2.54. The zero-order valence-corrected chi connectivity index (χ0v) is 13.0. The Labute approximate surface area is 134 Å². The van der Waals surface area contributed by atoms with Gasteiger partial charge in [-0.2, -0.15) is 0 Å². The van der Waals surface area contributed by atoms with Crippen LogP contribution in [0.5, 0.6) is 11.5 Å². The molecular weight excluding hydrogens is 296 g/mol. The van der Waals surface area contributed by atoms with Crippen molar-refractivity contribution in [3.8, 4) is 11.5 Å². The number of hydrogen-bond donors (Lipinski definition) is 1. The van der Waals surface area contributed by atoms with Gasteiger partial charge in [-0.05, 0) is 49.7 Å². The molecule has 0 amide bonds. The number of carbonyl (C=O) groups is 2. The lowest BCUT2D eigenvalue weighted by Gasteiger charge is -2.11. The van der Waals surface area contributed by atoms with Crippen LogP contribution in [-0.2, 0) is 11.3 Å². The molecule has 0 aliphatic carbocycles. The van der Waals surface area contributed by atoms with Crippen molar-refractivity contribution >= 4 is 11.8 Å². The highest BCUT2D eigenvalue weighted by Crippen LogP contribution is 2.21. The second kappa shape index (κ2) is 7.45. The summed E-state index contributed by atoms with van der Waals surface area (Å²) in [5.41, 5.74) is 1.37. The number of phenols is 1. The standard InChI is InChI=1S/C18H18O5/c1-3-22-18(21)17-10-15(8-9-16(17)12(2)19)23-11-13-4-6-14(20)7-5-13/h4-10,20H,3,11H2,1-2H3. The third-order valence-corrected chi connectivity index (χ3v) is 3.21. The summed E-state index contributed by atoms with van der Waals surface area (Å²) in [7, 11) is 0. The van der Waals surface area contributed by atoms with Crippen LogP contribution in [0.15, 0.2) is 42.5 Å². The van der Waals surface area contributed by atoms with Crippen LogP contribution in [0.2, 0.25) is 0 Å². The lowest BCUT2D eigenvalue weighted by atomic mass is 10.0. The number of ketones is 1. The van der Waals surface area contributed by atoms with Gasteiger partial charge in [0.25, 0.3) is 0 Å². The van der Waals surface area contributed by atoms with E-state index in [0.717, 1.165) is 5.56 Å². The Hall–Kier alpha value is -2.82. The number of Topliss-reactive ketones (excluding diaryl/α,β-unsaturated/α-hetero) is 1. The van der Waals surface area contributed by atoms with Crippen LogP contribution in [0.25, 0.3) is 0 Å². The smallest absolute Gasteiger partial charge is 0.338 e. The van der Waals surface area contributed by atoms with Gasteiger partial charge in [0.05, 0.1) is 12.2 Å². The molecule has 5 heteroatoms. The van der Waals surface area contributed by atoms with E-state index in [-0.39, 0.29) is 30.3 Å². The lowest BCUT2D eigenvalue weighted by molar-refractivity contribution is 0.0522. The van der Waals surface area contributed by atoms with Gasteiger partial charge in [0.15, 0.2) is 5.78 Å². The first-order valence-corrected chi connectivity index (χ1v) is 7.24. The number of hydrogen-bond acceptors (Lipinski definition) is 5. The second-order valence-corrected chi connectivity index (χ2v) is 4.94. The fourth-order valence-corrected chi connectivity index (χ4v) is 2.06. The highest BCUT2D eigenvalue weighted by molar-refractivity contribution is 6.05. The molecule has 0 radical (unpaired) electrons. The van der Waals surface area contributed by atoms with Crippen LogP contribution in [0.4, 0.5) is 0 Å². The molecular formula is C18H18O5. The molecule has 1 N–H and O–H groups in total. The maximum atomic E-state index is 12.0. The molecule has 0 unspecified atom stereocenters. The predicted molar refractivity (Wildman–Crippen MR) is 84.8 cm³/mol. The molecule has 0 spiro atoms. The number of rotatable bonds is 6. The summed E-state index contributed by atoms with van der Waals surface area (Å²) >= 11 is 0. The minimum atomic E-state index is -0.548. The van der Waals surface area contributed by atoms with Crippen LogP contribution in [0, 0.1) is 0 Å². The van der Waals surface area contributed by atoms with E-state index in [1.807, 2.05) is 0 Å². The van der Waals surface area contributed by atoms with Crippen molar-refractivity contribution in [1.29, 1.82) is 0 Å². The molecule has 0 heterocycles. The van der Waals surface area contributed by atoms with Gasteiger partial charge in [-0.15, -0.1) is 0 Å². The molecule has 0 aliphatic heterocycles. The lowest BCUT2D eigenvalue weighted by Crippen LogP contribution is -2.11. The van der Waals surface area contributed by atoms with E-state index in [1.54, 1.807) is 43.3 Å².